The lowest BCUT2D eigenvalue weighted by Crippen LogP contribution is -2.01. The van der Waals surface area contributed by atoms with Gasteiger partial charge in [-0.3, -0.25) is 0 Å². The van der Waals surface area contributed by atoms with E-state index in [0.717, 1.165) is 0 Å². The zero-order chi connectivity index (χ0) is 11.0. The third kappa shape index (κ3) is 2.14. The minimum atomic E-state index is -0.139. The van der Waals surface area contributed by atoms with E-state index in [1.54, 1.807) is 18.6 Å². The van der Waals surface area contributed by atoms with Crippen LogP contribution in [0.4, 0.5) is 0 Å². The van der Waals surface area contributed by atoms with Gasteiger partial charge in [-0.25, -0.2) is 0 Å². The van der Waals surface area contributed by atoms with Crippen molar-refractivity contribution in [2.75, 3.05) is 0 Å². The van der Waals surface area contributed by atoms with Crippen molar-refractivity contribution in [3.63, 3.8) is 0 Å². The molecule has 0 saturated heterocycles. The molecular weight excluding hydrogens is 192 g/mol. The summed E-state index contributed by atoms with van der Waals surface area (Å²) in [6.07, 6.45) is 7.25. The average molecular weight is 211 g/mol. The highest BCUT2D eigenvalue weighted by molar-refractivity contribution is 6.55. The molecule has 0 heterocycles. The van der Waals surface area contributed by atoms with E-state index in [1.165, 1.54) is 24.0 Å². The molecule has 0 saturated carbocycles. The summed E-state index contributed by atoms with van der Waals surface area (Å²) in [5.41, 5.74) is 6.20. The first kappa shape index (κ1) is 11.2. The van der Waals surface area contributed by atoms with Crippen LogP contribution in [-0.4, -0.2) is 20.4 Å². The highest BCUT2D eigenvalue weighted by atomic mass is 24.5. The van der Waals surface area contributed by atoms with Gasteiger partial charge in [-0.2, -0.15) is 7.40 Å². The van der Waals surface area contributed by atoms with Gasteiger partial charge in [0.2, 0.25) is 0 Å². The summed E-state index contributed by atoms with van der Waals surface area (Å²) in [5, 5.41) is 0. The van der Waals surface area contributed by atoms with Gasteiger partial charge in [0.15, 0.2) is 0 Å². The molecule has 1 heteroatoms. The molecule has 0 N–H and O–H groups in total. The Morgan fingerprint density at radius 2 is 1.20 bits per heavy atom. The first-order valence-corrected chi connectivity index (χ1v) is 7.22. The van der Waals surface area contributed by atoms with Crippen molar-refractivity contribution < 1.29 is 0 Å². The highest BCUT2D eigenvalue weighted by Crippen LogP contribution is 2.30. The van der Waals surface area contributed by atoms with E-state index in [4.69, 9.17) is 0 Å². The summed E-state index contributed by atoms with van der Waals surface area (Å²) >= 11 is -0.139. The van der Waals surface area contributed by atoms with E-state index < -0.39 is 0 Å². The predicted octanol–water partition coefficient (Wildman–Crippen LogP) is 3.94. The van der Waals surface area contributed by atoms with Crippen molar-refractivity contribution in [3.8, 4) is 0 Å². The fraction of sp³-hybridized carbons (Fsp3) is 0.429. The van der Waals surface area contributed by atoms with Gasteiger partial charge in [0.05, 0.1) is 0 Å². The molecule has 0 atom stereocenters. The second-order valence-electron chi connectivity index (χ2n) is 4.82. The Bertz CT molecular complexity index is 377. The van der Waals surface area contributed by atoms with E-state index >= 15 is 0 Å². The zero-order valence-electron chi connectivity index (χ0n) is 10.3. The van der Waals surface area contributed by atoms with Crippen LogP contribution in [0.3, 0.4) is 0 Å². The van der Waals surface area contributed by atoms with E-state index in [2.05, 4.69) is 39.8 Å². The molecule has 15 heavy (non-hydrogen) atoms. The summed E-state index contributed by atoms with van der Waals surface area (Å²) in [4.78, 5) is 0. The van der Waals surface area contributed by atoms with Crippen LogP contribution in [0.2, 0.25) is 0 Å². The van der Waals surface area contributed by atoms with Gasteiger partial charge in [0.25, 0.3) is 0 Å². The molecule has 2 aliphatic rings. The van der Waals surface area contributed by atoms with Crippen LogP contribution in [0.25, 0.3) is 0 Å². The topological polar surface area (TPSA) is 0 Å². The fourth-order valence-electron chi connectivity index (χ4n) is 2.39. The fourth-order valence-corrected chi connectivity index (χ4v) is 4.57. The lowest BCUT2D eigenvalue weighted by atomic mass is 10.2. The average Bonchev–Trinajstić information content (AvgIpc) is 2.68. The number of hydrogen-bond donors (Lipinski definition) is 0. The van der Waals surface area contributed by atoms with Gasteiger partial charge in [0.1, 0.15) is 0 Å². The normalized spacial score (nSPS) is 20.8. The maximum atomic E-state index is 2.39. The molecule has 0 aliphatic heterocycles. The molecule has 0 amide bonds. The molecule has 0 nitrogen and oxygen atoms in total. The Hall–Kier alpha value is -0.274. The standard InChI is InChI=1S/2C7H9.Mg/c2*1-6-4-3-5-7(6)2;/h2*4H,3H2,1-2H3;. The van der Waals surface area contributed by atoms with Gasteiger partial charge in [-0.1, -0.05) is 34.4 Å². The molecule has 0 bridgehead atoms. The molecule has 2 aliphatic carbocycles. The van der Waals surface area contributed by atoms with Gasteiger partial charge in [-0.15, -0.1) is 0 Å². The van der Waals surface area contributed by atoms with Crippen molar-refractivity contribution in [3.05, 3.63) is 41.8 Å². The molecule has 0 radical (unpaired) electrons. The van der Waals surface area contributed by atoms with Crippen molar-refractivity contribution in [2.45, 2.75) is 40.5 Å². The van der Waals surface area contributed by atoms with Crippen molar-refractivity contribution in [2.24, 2.45) is 0 Å². The second-order valence-corrected chi connectivity index (χ2v) is 6.88. The minimum Gasteiger partial charge on any atom is -0.179 e. The van der Waals surface area contributed by atoms with Gasteiger partial charge < -0.3 is 0 Å². The maximum absolute atomic E-state index is 2.39. The molecule has 76 valence electrons. The molecule has 0 aromatic rings. The summed E-state index contributed by atoms with van der Waals surface area (Å²) in [6, 6.07) is 0. The number of hydrogen-bond acceptors (Lipinski definition) is 0. The first-order valence-electron chi connectivity index (χ1n) is 5.81. The van der Waals surface area contributed by atoms with Crippen LogP contribution in [0.15, 0.2) is 41.8 Å². The number of rotatable bonds is 2. The van der Waals surface area contributed by atoms with E-state index in [9.17, 15) is 0 Å². The zero-order valence-corrected chi connectivity index (χ0v) is 11.7. The molecule has 0 fully saturated rings. The van der Waals surface area contributed by atoms with E-state index in [-0.39, 0.29) is 20.4 Å². The van der Waals surface area contributed by atoms with Crippen LogP contribution in [-0.2, 0) is 0 Å². The van der Waals surface area contributed by atoms with E-state index in [1.807, 2.05) is 0 Å². The Balaban J connectivity index is 2.14. The lowest BCUT2D eigenvalue weighted by molar-refractivity contribution is 1.31. The minimum absolute atomic E-state index is 0.139. The molecular formula is C14H18Mg. The van der Waals surface area contributed by atoms with Crippen LogP contribution in [0, 0.1) is 0 Å². The highest BCUT2D eigenvalue weighted by Gasteiger charge is 2.18. The smallest absolute Gasteiger partial charge is 0.179 e. The molecule has 0 unspecified atom stereocenters. The summed E-state index contributed by atoms with van der Waals surface area (Å²) in [7, 11) is 0. The predicted molar refractivity (Wildman–Crippen MR) is 67.9 cm³/mol. The molecule has 2 rings (SSSR count). The molecule has 0 aromatic heterocycles. The quantitative estimate of drug-likeness (QED) is 0.606. The Kier molecular flexibility index (Phi) is 3.22. The summed E-state index contributed by atoms with van der Waals surface area (Å²) < 4.78 is 3.54. The van der Waals surface area contributed by atoms with Crippen molar-refractivity contribution >= 4 is 20.4 Å². The third-order valence-corrected chi connectivity index (χ3v) is 6.47. The summed E-state index contributed by atoms with van der Waals surface area (Å²) in [5.74, 6) is 0. The largest absolute Gasteiger partial charge is 0.439 e. The molecule has 0 spiro atoms. The van der Waals surface area contributed by atoms with Gasteiger partial charge >= 0.3 is 20.4 Å². The van der Waals surface area contributed by atoms with Crippen LogP contribution >= 0.6 is 0 Å². The second kappa shape index (κ2) is 4.30. The van der Waals surface area contributed by atoms with Crippen LogP contribution < -0.4 is 0 Å². The number of allylic oxidation sites excluding steroid dienone is 8. The Morgan fingerprint density at radius 3 is 1.47 bits per heavy atom. The third-order valence-electron chi connectivity index (χ3n) is 3.98. The monoisotopic (exact) mass is 210 g/mol. The lowest BCUT2D eigenvalue weighted by Gasteiger charge is -2.07. The SMILES string of the molecule is CC1=CC[C]([Mg][C]2=C(C)C(C)=CC2)=C1C. The van der Waals surface area contributed by atoms with Gasteiger partial charge in [0, 0.05) is 0 Å². The first-order chi connectivity index (χ1) is 7.09. The van der Waals surface area contributed by atoms with Crippen molar-refractivity contribution in [1.29, 1.82) is 0 Å². The summed E-state index contributed by atoms with van der Waals surface area (Å²) in [6.45, 7) is 9.09. The molecule has 0 aromatic carbocycles. The maximum Gasteiger partial charge on any atom is 0.439 e. The Labute approximate surface area is 103 Å². The van der Waals surface area contributed by atoms with Crippen LogP contribution in [0.1, 0.15) is 40.5 Å². The van der Waals surface area contributed by atoms with E-state index in [0.29, 0.717) is 0 Å². The van der Waals surface area contributed by atoms with Gasteiger partial charge in [-0.05, 0) is 40.5 Å². The van der Waals surface area contributed by atoms with Crippen LogP contribution in [0.5, 0.6) is 0 Å². The van der Waals surface area contributed by atoms with Crippen molar-refractivity contribution in [1.82, 2.24) is 0 Å². The Morgan fingerprint density at radius 1 is 0.800 bits per heavy atom.